The van der Waals surface area contributed by atoms with Crippen LogP contribution in [0.5, 0.6) is 5.75 Å². The molecule has 27 heavy (non-hydrogen) atoms. The lowest BCUT2D eigenvalue weighted by atomic mass is 10.0. The molecule has 2 heterocycles. The second kappa shape index (κ2) is 7.11. The number of aliphatic imine (C=N–C) groups is 1. The lowest BCUT2D eigenvalue weighted by Gasteiger charge is -2.27. The minimum Gasteiger partial charge on any atom is -0.493 e. The van der Waals surface area contributed by atoms with Gasteiger partial charge in [-0.25, -0.2) is 0 Å². The van der Waals surface area contributed by atoms with Gasteiger partial charge in [-0.1, -0.05) is 30.3 Å². The van der Waals surface area contributed by atoms with Crippen molar-refractivity contribution in [3.05, 3.63) is 65.2 Å². The zero-order valence-corrected chi connectivity index (χ0v) is 14.7. The van der Waals surface area contributed by atoms with Gasteiger partial charge in [0.1, 0.15) is 5.75 Å². The molecule has 2 aliphatic heterocycles. The van der Waals surface area contributed by atoms with Gasteiger partial charge in [0.05, 0.1) is 30.3 Å². The summed E-state index contributed by atoms with van der Waals surface area (Å²) in [4.78, 5) is 30.2. The summed E-state index contributed by atoms with van der Waals surface area (Å²) in [5.74, 6) is 0.569. The molecule has 4 rings (SSSR count). The number of ether oxygens (including phenoxy) is 1. The van der Waals surface area contributed by atoms with E-state index < -0.39 is 0 Å². The van der Waals surface area contributed by atoms with E-state index in [9.17, 15) is 9.59 Å². The van der Waals surface area contributed by atoms with E-state index in [4.69, 9.17) is 10.5 Å². The Morgan fingerprint density at radius 3 is 2.52 bits per heavy atom. The van der Waals surface area contributed by atoms with Gasteiger partial charge in [0.2, 0.25) is 0 Å². The monoisotopic (exact) mass is 364 g/mol. The third kappa shape index (κ3) is 3.23. The second-order valence-corrected chi connectivity index (χ2v) is 6.45. The predicted octanol–water partition coefficient (Wildman–Crippen LogP) is 1.71. The molecule has 138 valence electrons. The molecule has 7 heteroatoms. The zero-order valence-electron chi connectivity index (χ0n) is 14.7. The Balaban J connectivity index is 1.37. The number of hydrogen-bond donors (Lipinski definition) is 2. The lowest BCUT2D eigenvalue weighted by Crippen LogP contribution is -2.38. The van der Waals surface area contributed by atoms with Crippen LogP contribution in [0.3, 0.4) is 0 Å². The van der Waals surface area contributed by atoms with Crippen molar-refractivity contribution in [2.75, 3.05) is 19.7 Å². The Morgan fingerprint density at radius 1 is 1.11 bits per heavy atom. The van der Waals surface area contributed by atoms with Gasteiger partial charge in [0, 0.05) is 18.5 Å². The second-order valence-electron chi connectivity index (χ2n) is 6.45. The molecule has 0 fully saturated rings. The number of hydrogen-bond acceptors (Lipinski definition) is 4. The number of nitrogens with zero attached hydrogens (tertiary/aromatic N) is 2. The zero-order chi connectivity index (χ0) is 18.8. The molecule has 1 atom stereocenters. The Morgan fingerprint density at radius 2 is 1.78 bits per heavy atom. The van der Waals surface area contributed by atoms with Gasteiger partial charge in [0.25, 0.3) is 11.8 Å². The number of carbonyl (C=O) groups excluding carboxylic acids is 2. The summed E-state index contributed by atoms with van der Waals surface area (Å²) < 4.78 is 5.64. The third-order valence-electron chi connectivity index (χ3n) is 4.76. The van der Waals surface area contributed by atoms with Crippen LogP contribution < -0.4 is 15.8 Å². The molecule has 2 aliphatic rings. The quantitative estimate of drug-likeness (QED) is 0.489. The van der Waals surface area contributed by atoms with Crippen LogP contribution in [0.1, 0.15) is 38.7 Å². The van der Waals surface area contributed by atoms with Crippen molar-refractivity contribution in [1.29, 1.82) is 0 Å². The van der Waals surface area contributed by atoms with Crippen molar-refractivity contribution in [3.8, 4) is 5.75 Å². The maximum atomic E-state index is 12.3. The van der Waals surface area contributed by atoms with Crippen LogP contribution >= 0.6 is 0 Å². The van der Waals surface area contributed by atoms with Crippen LogP contribution in [0.2, 0.25) is 0 Å². The minimum atomic E-state index is -0.282. The third-order valence-corrected chi connectivity index (χ3v) is 4.76. The van der Waals surface area contributed by atoms with Crippen molar-refractivity contribution in [2.45, 2.75) is 12.5 Å². The van der Waals surface area contributed by atoms with E-state index in [1.54, 1.807) is 24.3 Å². The number of nitrogens with two attached hydrogens (primary N) is 1. The molecule has 0 radical (unpaired) electrons. The molecule has 1 unspecified atom stereocenters. The number of benzene rings is 2. The van der Waals surface area contributed by atoms with Crippen LogP contribution in [0.25, 0.3) is 0 Å². The molecule has 2 amide bonds. The van der Waals surface area contributed by atoms with Gasteiger partial charge in [0.15, 0.2) is 5.96 Å². The Hall–Kier alpha value is -3.35. The minimum absolute atomic E-state index is 0.0259. The number of fused-ring (bicyclic) bond motifs is 2. The van der Waals surface area contributed by atoms with Crippen molar-refractivity contribution in [3.63, 3.8) is 0 Å². The fraction of sp³-hybridized carbons (Fsp3) is 0.250. The summed E-state index contributed by atoms with van der Waals surface area (Å²) in [5.41, 5.74) is 7.94. The summed E-state index contributed by atoms with van der Waals surface area (Å²) in [6.45, 7) is 1.05. The first kappa shape index (κ1) is 17.1. The average Bonchev–Trinajstić information content (AvgIpc) is 2.93. The number of guanidine groups is 1. The molecular formula is C20H20N4O3. The first-order valence-corrected chi connectivity index (χ1v) is 8.88. The first-order valence-electron chi connectivity index (χ1n) is 8.88. The number of amides is 2. The maximum Gasteiger partial charge on any atom is 0.261 e. The van der Waals surface area contributed by atoms with E-state index >= 15 is 0 Å². The van der Waals surface area contributed by atoms with E-state index in [2.05, 4.69) is 10.3 Å². The molecule has 7 nitrogen and oxygen atoms in total. The molecule has 3 N–H and O–H groups in total. The molecule has 0 bridgehead atoms. The molecule has 2 aromatic rings. The number of carbonyl (C=O) groups is 2. The van der Waals surface area contributed by atoms with Gasteiger partial charge in [-0.2, -0.15) is 0 Å². The highest BCUT2D eigenvalue weighted by Crippen LogP contribution is 2.31. The van der Waals surface area contributed by atoms with E-state index in [0.29, 0.717) is 17.7 Å². The predicted molar refractivity (Wildman–Crippen MR) is 101 cm³/mol. The van der Waals surface area contributed by atoms with Crippen LogP contribution in [0.15, 0.2) is 53.5 Å². The number of imide groups is 1. The Labute approximate surface area is 156 Å². The summed E-state index contributed by atoms with van der Waals surface area (Å²) in [7, 11) is 0. The standard InChI is InChI=1S/C20H20N4O3/c21-20(23-16-9-12-27-17-8-4-3-7-15(16)17)22-10-11-24-18(25)13-5-1-2-6-14(13)19(24)26/h1-8,16H,9-12H2,(H3,21,22,23). The lowest BCUT2D eigenvalue weighted by molar-refractivity contribution is 0.0659. The Bertz CT molecular complexity index is 890. The molecule has 0 saturated carbocycles. The van der Waals surface area contributed by atoms with E-state index in [1.165, 1.54) is 4.90 Å². The van der Waals surface area contributed by atoms with E-state index in [-0.39, 0.29) is 36.9 Å². The van der Waals surface area contributed by atoms with Crippen LogP contribution in [0.4, 0.5) is 0 Å². The van der Waals surface area contributed by atoms with Crippen molar-refractivity contribution < 1.29 is 14.3 Å². The van der Waals surface area contributed by atoms with Crippen molar-refractivity contribution >= 4 is 17.8 Å². The fourth-order valence-corrected chi connectivity index (χ4v) is 3.43. The normalized spacial score (nSPS) is 18.7. The fourth-order valence-electron chi connectivity index (χ4n) is 3.43. The van der Waals surface area contributed by atoms with Crippen molar-refractivity contribution in [1.82, 2.24) is 10.2 Å². The molecule has 0 aromatic heterocycles. The molecule has 0 saturated heterocycles. The highest BCUT2D eigenvalue weighted by Gasteiger charge is 2.34. The van der Waals surface area contributed by atoms with Gasteiger partial charge in [-0.15, -0.1) is 0 Å². The van der Waals surface area contributed by atoms with Gasteiger partial charge in [-0.3, -0.25) is 19.5 Å². The highest BCUT2D eigenvalue weighted by atomic mass is 16.5. The van der Waals surface area contributed by atoms with Crippen molar-refractivity contribution in [2.24, 2.45) is 10.7 Å². The van der Waals surface area contributed by atoms with Crippen LogP contribution in [0, 0.1) is 0 Å². The SMILES string of the molecule is NC(=NCCN1C(=O)c2ccccc2C1=O)NC1CCOc2ccccc21. The molecule has 0 spiro atoms. The van der Waals surface area contributed by atoms with Gasteiger partial charge < -0.3 is 15.8 Å². The van der Waals surface area contributed by atoms with Gasteiger partial charge in [-0.05, 0) is 18.2 Å². The average molecular weight is 364 g/mol. The maximum absolute atomic E-state index is 12.3. The van der Waals surface area contributed by atoms with E-state index in [0.717, 1.165) is 17.7 Å². The number of nitrogens with one attached hydrogen (secondary N) is 1. The molecular weight excluding hydrogens is 344 g/mol. The van der Waals surface area contributed by atoms with Crippen LogP contribution in [-0.2, 0) is 0 Å². The number of para-hydroxylation sites is 1. The topological polar surface area (TPSA) is 97.0 Å². The summed E-state index contributed by atoms with van der Waals surface area (Å²) in [6, 6.07) is 14.7. The highest BCUT2D eigenvalue weighted by molar-refractivity contribution is 6.21. The summed E-state index contributed by atoms with van der Waals surface area (Å²) >= 11 is 0. The van der Waals surface area contributed by atoms with Gasteiger partial charge >= 0.3 is 0 Å². The largest absolute Gasteiger partial charge is 0.493 e. The molecule has 2 aromatic carbocycles. The number of rotatable bonds is 4. The van der Waals surface area contributed by atoms with E-state index in [1.807, 2.05) is 24.3 Å². The summed E-state index contributed by atoms with van der Waals surface area (Å²) in [5, 5.41) is 3.20. The summed E-state index contributed by atoms with van der Waals surface area (Å²) in [6.07, 6.45) is 0.783. The molecule has 0 aliphatic carbocycles. The Kier molecular flexibility index (Phi) is 4.50. The smallest absolute Gasteiger partial charge is 0.261 e. The van der Waals surface area contributed by atoms with Crippen LogP contribution in [-0.4, -0.2) is 42.4 Å². The first-order chi connectivity index (χ1) is 13.1.